The number of hydrogen-bond acceptors (Lipinski definition) is 2. The van der Waals surface area contributed by atoms with Crippen molar-refractivity contribution in [2.45, 2.75) is 71.4 Å². The van der Waals surface area contributed by atoms with Gasteiger partial charge in [-0.1, -0.05) is 13.3 Å². The van der Waals surface area contributed by atoms with Crippen molar-refractivity contribution in [3.63, 3.8) is 0 Å². The lowest BCUT2D eigenvalue weighted by Gasteiger charge is -2.39. The first-order valence-electron chi connectivity index (χ1n) is 7.02. The van der Waals surface area contributed by atoms with Crippen LogP contribution in [0.15, 0.2) is 0 Å². The number of aliphatic carboxylic acids is 1. The Bertz CT molecular complexity index is 232. The van der Waals surface area contributed by atoms with E-state index in [1.807, 2.05) is 0 Å². The van der Waals surface area contributed by atoms with E-state index in [-0.39, 0.29) is 6.42 Å². The Morgan fingerprint density at radius 2 is 1.88 bits per heavy atom. The molecule has 0 radical (unpaired) electrons. The molecule has 1 fully saturated rings. The molecule has 1 aliphatic carbocycles. The van der Waals surface area contributed by atoms with Crippen molar-refractivity contribution in [1.29, 1.82) is 0 Å². The quantitative estimate of drug-likeness (QED) is 0.776. The Hall–Kier alpha value is -0.570. The van der Waals surface area contributed by atoms with Crippen molar-refractivity contribution in [2.24, 2.45) is 5.92 Å². The number of hydrogen-bond donors (Lipinski definition) is 1. The van der Waals surface area contributed by atoms with E-state index in [4.69, 9.17) is 5.11 Å². The molecule has 1 saturated carbocycles. The highest BCUT2D eigenvalue weighted by Gasteiger charge is 2.26. The van der Waals surface area contributed by atoms with Crippen molar-refractivity contribution >= 4 is 5.97 Å². The summed E-state index contributed by atoms with van der Waals surface area (Å²) in [5.74, 6) is 0.220. The third kappa shape index (κ3) is 4.66. The van der Waals surface area contributed by atoms with Crippen molar-refractivity contribution in [3.05, 3.63) is 0 Å². The lowest BCUT2D eigenvalue weighted by Crippen LogP contribution is -2.43. The van der Waals surface area contributed by atoms with E-state index < -0.39 is 5.97 Å². The molecule has 0 saturated heterocycles. The van der Waals surface area contributed by atoms with Gasteiger partial charge in [0.25, 0.3) is 0 Å². The molecule has 17 heavy (non-hydrogen) atoms. The largest absolute Gasteiger partial charge is 0.481 e. The molecule has 0 atom stereocenters. The van der Waals surface area contributed by atoms with Gasteiger partial charge in [0.05, 0.1) is 6.42 Å². The van der Waals surface area contributed by atoms with Crippen LogP contribution in [-0.2, 0) is 4.79 Å². The standard InChI is InChI=1S/C14H27NO2/c1-4-12-5-7-13(8-6-12)15(11(2)3)10-9-14(16)17/h11-13H,4-10H2,1-3H3,(H,16,17). The zero-order valence-electron chi connectivity index (χ0n) is 11.5. The van der Waals surface area contributed by atoms with E-state index in [1.54, 1.807) is 0 Å². The second kappa shape index (κ2) is 7.00. The minimum atomic E-state index is -0.683. The third-order valence-corrected chi connectivity index (χ3v) is 4.11. The maximum atomic E-state index is 10.7. The number of carboxylic acids is 1. The van der Waals surface area contributed by atoms with Crippen LogP contribution in [0.2, 0.25) is 0 Å². The van der Waals surface area contributed by atoms with E-state index in [0.29, 0.717) is 18.6 Å². The van der Waals surface area contributed by atoms with Gasteiger partial charge in [0.1, 0.15) is 0 Å². The summed E-state index contributed by atoms with van der Waals surface area (Å²) < 4.78 is 0. The molecule has 0 aliphatic heterocycles. The van der Waals surface area contributed by atoms with E-state index in [9.17, 15) is 4.79 Å². The summed E-state index contributed by atoms with van der Waals surface area (Å²) >= 11 is 0. The van der Waals surface area contributed by atoms with E-state index in [0.717, 1.165) is 5.92 Å². The molecule has 0 unspecified atom stereocenters. The zero-order chi connectivity index (χ0) is 12.8. The highest BCUT2D eigenvalue weighted by atomic mass is 16.4. The Balaban J connectivity index is 2.45. The third-order valence-electron chi connectivity index (χ3n) is 4.11. The molecular formula is C14H27NO2. The molecule has 0 aromatic heterocycles. The van der Waals surface area contributed by atoms with Crippen LogP contribution in [0.5, 0.6) is 0 Å². The van der Waals surface area contributed by atoms with Crippen LogP contribution in [0.4, 0.5) is 0 Å². The van der Waals surface area contributed by atoms with Crippen molar-refractivity contribution < 1.29 is 9.90 Å². The van der Waals surface area contributed by atoms with E-state index >= 15 is 0 Å². The average Bonchev–Trinajstić information content (AvgIpc) is 2.29. The lowest BCUT2D eigenvalue weighted by atomic mass is 9.83. The van der Waals surface area contributed by atoms with Crippen LogP contribution in [0.25, 0.3) is 0 Å². The second-order valence-electron chi connectivity index (χ2n) is 5.56. The molecular weight excluding hydrogens is 214 g/mol. The molecule has 0 bridgehead atoms. The lowest BCUT2D eigenvalue weighted by molar-refractivity contribution is -0.137. The summed E-state index contributed by atoms with van der Waals surface area (Å²) in [6.45, 7) is 7.33. The summed E-state index contributed by atoms with van der Waals surface area (Å²) in [4.78, 5) is 13.1. The molecule has 0 heterocycles. The van der Waals surface area contributed by atoms with Gasteiger partial charge >= 0.3 is 5.97 Å². The topological polar surface area (TPSA) is 40.5 Å². The van der Waals surface area contributed by atoms with Crippen LogP contribution in [0.3, 0.4) is 0 Å². The SMILES string of the molecule is CCC1CCC(N(CCC(=O)O)C(C)C)CC1. The molecule has 0 spiro atoms. The Labute approximate surface area is 105 Å². The van der Waals surface area contributed by atoms with Crippen molar-refractivity contribution in [3.8, 4) is 0 Å². The number of carbonyl (C=O) groups is 1. The van der Waals surface area contributed by atoms with Gasteiger partial charge in [0.2, 0.25) is 0 Å². The number of rotatable bonds is 6. The van der Waals surface area contributed by atoms with E-state index in [2.05, 4.69) is 25.7 Å². The first-order valence-corrected chi connectivity index (χ1v) is 7.02. The number of nitrogens with zero attached hydrogens (tertiary/aromatic N) is 1. The van der Waals surface area contributed by atoms with Crippen LogP contribution in [0, 0.1) is 5.92 Å². The predicted octanol–water partition coefficient (Wildman–Crippen LogP) is 3.14. The minimum absolute atomic E-state index is 0.270. The van der Waals surface area contributed by atoms with Crippen LogP contribution >= 0.6 is 0 Å². The smallest absolute Gasteiger partial charge is 0.304 e. The van der Waals surface area contributed by atoms with Crippen LogP contribution in [-0.4, -0.2) is 34.6 Å². The monoisotopic (exact) mass is 241 g/mol. The van der Waals surface area contributed by atoms with E-state index in [1.165, 1.54) is 32.1 Å². The van der Waals surface area contributed by atoms with Gasteiger partial charge in [0.15, 0.2) is 0 Å². The molecule has 3 heteroatoms. The van der Waals surface area contributed by atoms with Crippen LogP contribution in [0.1, 0.15) is 59.3 Å². The maximum absolute atomic E-state index is 10.7. The highest BCUT2D eigenvalue weighted by Crippen LogP contribution is 2.30. The fourth-order valence-electron chi connectivity index (χ4n) is 2.97. The Morgan fingerprint density at radius 1 is 1.29 bits per heavy atom. The summed E-state index contributed by atoms with van der Waals surface area (Å²) in [5.41, 5.74) is 0. The molecule has 0 amide bonds. The van der Waals surface area contributed by atoms with Gasteiger partial charge in [-0.2, -0.15) is 0 Å². The van der Waals surface area contributed by atoms with Crippen molar-refractivity contribution in [1.82, 2.24) is 4.90 Å². The normalized spacial score (nSPS) is 25.5. The second-order valence-corrected chi connectivity index (χ2v) is 5.56. The Kier molecular flexibility index (Phi) is 5.96. The highest BCUT2D eigenvalue weighted by molar-refractivity contribution is 5.66. The molecule has 1 aliphatic rings. The van der Waals surface area contributed by atoms with Crippen LogP contribution < -0.4 is 0 Å². The molecule has 100 valence electrons. The first-order chi connectivity index (χ1) is 8.04. The van der Waals surface area contributed by atoms with Crippen molar-refractivity contribution in [2.75, 3.05) is 6.54 Å². The summed E-state index contributed by atoms with van der Waals surface area (Å²) in [5, 5.41) is 8.80. The predicted molar refractivity (Wildman–Crippen MR) is 70.1 cm³/mol. The summed E-state index contributed by atoms with van der Waals surface area (Å²) in [6.07, 6.45) is 6.69. The molecule has 0 aromatic carbocycles. The fraction of sp³-hybridized carbons (Fsp3) is 0.929. The molecule has 1 rings (SSSR count). The van der Waals surface area contributed by atoms with Gasteiger partial charge in [-0.15, -0.1) is 0 Å². The Morgan fingerprint density at radius 3 is 2.29 bits per heavy atom. The molecule has 3 nitrogen and oxygen atoms in total. The fourth-order valence-corrected chi connectivity index (χ4v) is 2.97. The zero-order valence-corrected chi connectivity index (χ0v) is 11.5. The molecule has 1 N–H and O–H groups in total. The number of carboxylic acid groups (broad SMARTS) is 1. The summed E-state index contributed by atoms with van der Waals surface area (Å²) in [7, 11) is 0. The van der Waals surface area contributed by atoms with Gasteiger partial charge in [-0.25, -0.2) is 0 Å². The first kappa shape index (κ1) is 14.5. The van der Waals surface area contributed by atoms with Gasteiger partial charge in [-0.3, -0.25) is 9.69 Å². The average molecular weight is 241 g/mol. The minimum Gasteiger partial charge on any atom is -0.481 e. The summed E-state index contributed by atoms with van der Waals surface area (Å²) in [6, 6.07) is 1.06. The van der Waals surface area contributed by atoms with Gasteiger partial charge < -0.3 is 5.11 Å². The van der Waals surface area contributed by atoms with Gasteiger partial charge in [-0.05, 0) is 45.4 Å². The molecule has 0 aromatic rings. The van der Waals surface area contributed by atoms with Gasteiger partial charge in [0, 0.05) is 18.6 Å². The maximum Gasteiger partial charge on any atom is 0.304 e.